The Bertz CT molecular complexity index is 954. The largest absolute Gasteiger partial charge is 0.339 e. The standard InChI is InChI=1S/C20H17N6O/c21-25-23-17-8-4-14(5-9-17)12-16-2-1-3-20(27)19(16)13-15-6-10-18(11-7-15)24-26-22/h4-13,22H,1-3H2/q+1. The summed E-state index contributed by atoms with van der Waals surface area (Å²) in [7, 11) is 0. The van der Waals surface area contributed by atoms with Crippen molar-refractivity contribution in [1.29, 1.82) is 10.9 Å². The van der Waals surface area contributed by atoms with Gasteiger partial charge in [0.15, 0.2) is 16.6 Å². The highest BCUT2D eigenvalue weighted by atomic mass is 16.1. The highest BCUT2D eigenvalue weighted by Crippen LogP contribution is 2.27. The van der Waals surface area contributed by atoms with Gasteiger partial charge in [-0.05, 0) is 59.9 Å². The Kier molecular flexibility index (Phi) is 5.70. The number of allylic oxidation sites excluding steroid dienone is 14. The second kappa shape index (κ2) is 8.54. The number of nitrogens with one attached hydrogen (secondary N) is 1. The van der Waals surface area contributed by atoms with Gasteiger partial charge >= 0.3 is 5.08 Å². The first-order chi connectivity index (χ1) is 13.2. The Hall–Kier alpha value is -3.79. The summed E-state index contributed by atoms with van der Waals surface area (Å²) >= 11 is 0. The van der Waals surface area contributed by atoms with Gasteiger partial charge in [-0.25, -0.2) is 0 Å². The molecule has 0 bridgehead atoms. The average Bonchev–Trinajstić information content (AvgIpc) is 2.68. The van der Waals surface area contributed by atoms with Crippen molar-refractivity contribution in [3.63, 3.8) is 0 Å². The zero-order valence-electron chi connectivity index (χ0n) is 14.5. The molecule has 0 saturated carbocycles. The minimum atomic E-state index is 0.133. The highest BCUT2D eigenvalue weighted by molar-refractivity contribution is 6.07. The molecule has 0 unspecified atom stereocenters. The van der Waals surface area contributed by atoms with Gasteiger partial charge in [-0.1, -0.05) is 35.6 Å². The summed E-state index contributed by atoms with van der Waals surface area (Å²) in [6, 6.07) is 0. The van der Waals surface area contributed by atoms with Gasteiger partial charge in [0.25, 0.3) is 5.39 Å². The van der Waals surface area contributed by atoms with E-state index in [1.54, 1.807) is 24.3 Å². The Morgan fingerprint density at radius 1 is 0.926 bits per heavy atom. The normalized spacial score (nSPS) is 18.6. The van der Waals surface area contributed by atoms with E-state index in [1.165, 1.54) is 0 Å². The quantitative estimate of drug-likeness (QED) is 0.447. The van der Waals surface area contributed by atoms with Crippen LogP contribution in [0, 0.1) is 10.9 Å². The molecule has 27 heavy (non-hydrogen) atoms. The van der Waals surface area contributed by atoms with Crippen molar-refractivity contribution >= 4 is 17.2 Å². The van der Waals surface area contributed by atoms with E-state index in [0.29, 0.717) is 17.8 Å². The number of carbonyl (C=O) groups excluding carboxylic acids is 1. The van der Waals surface area contributed by atoms with E-state index in [2.05, 4.69) is 20.5 Å². The zero-order valence-corrected chi connectivity index (χ0v) is 14.5. The molecule has 0 spiro atoms. The summed E-state index contributed by atoms with van der Waals surface area (Å²) in [5, 5.41) is 21.5. The number of nitrogens with zero attached hydrogens (tertiary/aromatic N) is 5. The number of hydrogen-bond acceptors (Lipinski definition) is 5. The van der Waals surface area contributed by atoms with Crippen molar-refractivity contribution in [3.8, 4) is 0 Å². The van der Waals surface area contributed by atoms with Crippen LogP contribution in [0.2, 0.25) is 0 Å². The molecule has 0 atom stereocenters. The van der Waals surface area contributed by atoms with Crippen LogP contribution >= 0.6 is 0 Å². The molecule has 0 aromatic rings. The second-order valence-corrected chi connectivity index (χ2v) is 6.08. The second-order valence-electron chi connectivity index (χ2n) is 6.08. The van der Waals surface area contributed by atoms with Gasteiger partial charge in [-0.2, -0.15) is 5.53 Å². The topological polar surface area (TPSA) is 106 Å². The van der Waals surface area contributed by atoms with Crippen LogP contribution in [-0.2, 0) is 4.79 Å². The minimum Gasteiger partial charge on any atom is -0.294 e. The molecular weight excluding hydrogens is 340 g/mol. The molecule has 0 aromatic heterocycles. The average molecular weight is 357 g/mol. The molecule has 1 N–H and O–H groups in total. The third-order valence-corrected chi connectivity index (χ3v) is 4.26. The molecule has 132 valence electrons. The van der Waals surface area contributed by atoms with Crippen molar-refractivity contribution < 1.29 is 4.79 Å². The lowest BCUT2D eigenvalue weighted by Crippen LogP contribution is -2.10. The van der Waals surface area contributed by atoms with Crippen molar-refractivity contribution in [2.75, 3.05) is 0 Å². The third-order valence-electron chi connectivity index (χ3n) is 4.26. The van der Waals surface area contributed by atoms with Crippen molar-refractivity contribution in [2.45, 2.75) is 19.3 Å². The SMILES string of the molecule is N#[N+]N=C1C=CC(=CC2=C(C=C3C=CC(=NN=N)C=C3)C(=O)CCC2)C=C1. The predicted octanol–water partition coefficient (Wildman–Crippen LogP) is 4.74. The predicted molar refractivity (Wildman–Crippen MR) is 104 cm³/mol. The van der Waals surface area contributed by atoms with Crippen LogP contribution in [-0.4, -0.2) is 17.2 Å². The van der Waals surface area contributed by atoms with Gasteiger partial charge in [0, 0.05) is 12.0 Å². The van der Waals surface area contributed by atoms with Crippen LogP contribution in [0.1, 0.15) is 19.3 Å². The Labute approximate surface area is 156 Å². The van der Waals surface area contributed by atoms with Crippen LogP contribution in [0.15, 0.2) is 98.5 Å². The van der Waals surface area contributed by atoms with Gasteiger partial charge in [-0.15, -0.1) is 5.10 Å². The third kappa shape index (κ3) is 4.64. The molecule has 0 saturated heterocycles. The van der Waals surface area contributed by atoms with Crippen LogP contribution in [0.3, 0.4) is 0 Å². The van der Waals surface area contributed by atoms with Crippen LogP contribution in [0.5, 0.6) is 0 Å². The molecule has 7 nitrogen and oxygen atoms in total. The Balaban J connectivity index is 1.92. The van der Waals surface area contributed by atoms with E-state index in [4.69, 9.17) is 10.9 Å². The molecule has 0 aromatic carbocycles. The maximum atomic E-state index is 12.5. The summed E-state index contributed by atoms with van der Waals surface area (Å²) in [5.74, 6) is 0.133. The molecule has 0 aliphatic heterocycles. The summed E-state index contributed by atoms with van der Waals surface area (Å²) in [6.45, 7) is 0. The molecule has 3 rings (SSSR count). The first-order valence-electron chi connectivity index (χ1n) is 8.48. The fraction of sp³-hybridized carbons (Fsp3) is 0.150. The molecule has 7 heteroatoms. The van der Waals surface area contributed by atoms with E-state index in [1.807, 2.05) is 36.5 Å². The lowest BCUT2D eigenvalue weighted by molar-refractivity contribution is -0.115. The monoisotopic (exact) mass is 357 g/mol. The van der Waals surface area contributed by atoms with Crippen LogP contribution < -0.4 is 0 Å². The molecule has 0 heterocycles. The van der Waals surface area contributed by atoms with Crippen LogP contribution in [0.25, 0.3) is 5.08 Å². The van der Waals surface area contributed by atoms with Gasteiger partial charge in [0.2, 0.25) is 0 Å². The maximum Gasteiger partial charge on any atom is 0.339 e. The van der Waals surface area contributed by atoms with E-state index in [0.717, 1.165) is 35.1 Å². The van der Waals surface area contributed by atoms with Crippen molar-refractivity contribution in [1.82, 2.24) is 0 Å². The van der Waals surface area contributed by atoms with Crippen molar-refractivity contribution in [3.05, 3.63) is 88.1 Å². The highest BCUT2D eigenvalue weighted by Gasteiger charge is 2.18. The number of carbonyl (C=O) groups is 1. The Morgan fingerprint density at radius 3 is 2.19 bits per heavy atom. The lowest BCUT2D eigenvalue weighted by atomic mass is 9.87. The zero-order chi connectivity index (χ0) is 19.1. The number of ketones is 1. The maximum absolute atomic E-state index is 12.5. The first-order valence-corrected chi connectivity index (χ1v) is 8.48. The first kappa shape index (κ1) is 18.0. The fourth-order valence-corrected chi connectivity index (χ4v) is 2.96. The lowest BCUT2D eigenvalue weighted by Gasteiger charge is -2.16. The summed E-state index contributed by atoms with van der Waals surface area (Å²) in [6.07, 6.45) is 20.6. The minimum absolute atomic E-state index is 0.133. The summed E-state index contributed by atoms with van der Waals surface area (Å²) in [4.78, 5) is 12.5. The number of Topliss-reactive ketones (excluding diaryl/α,β-unsaturated/α-hetero) is 1. The fourth-order valence-electron chi connectivity index (χ4n) is 2.96. The number of rotatable bonds is 3. The molecule has 3 aliphatic rings. The van der Waals surface area contributed by atoms with Gasteiger partial charge in [0.05, 0.1) is 5.71 Å². The number of diazo groups is 1. The van der Waals surface area contributed by atoms with Gasteiger partial charge < -0.3 is 0 Å². The summed E-state index contributed by atoms with van der Waals surface area (Å²) in [5.41, 5.74) is 11.5. The Morgan fingerprint density at radius 2 is 1.56 bits per heavy atom. The van der Waals surface area contributed by atoms with Crippen LogP contribution in [0.4, 0.5) is 0 Å². The molecule has 0 fully saturated rings. The van der Waals surface area contributed by atoms with E-state index in [9.17, 15) is 4.79 Å². The van der Waals surface area contributed by atoms with E-state index in [-0.39, 0.29) is 5.78 Å². The summed E-state index contributed by atoms with van der Waals surface area (Å²) < 4.78 is 0. The number of hydrogen-bond donors (Lipinski definition) is 1. The molecular formula is C20H17N6O+. The van der Waals surface area contributed by atoms with Gasteiger partial charge in [-0.3, -0.25) is 4.79 Å². The molecule has 0 amide bonds. The smallest absolute Gasteiger partial charge is 0.294 e. The van der Waals surface area contributed by atoms with E-state index < -0.39 is 0 Å². The van der Waals surface area contributed by atoms with Gasteiger partial charge in [0.1, 0.15) is 0 Å². The molecule has 3 aliphatic carbocycles. The van der Waals surface area contributed by atoms with E-state index >= 15 is 0 Å². The molecule has 0 radical (unpaired) electrons. The van der Waals surface area contributed by atoms with Crippen molar-refractivity contribution in [2.24, 2.45) is 15.4 Å².